The monoisotopic (exact) mass is 328 g/mol. The number of nitrogens with two attached hydrogens (primary N) is 1. The number of piperidine rings is 1. The van der Waals surface area contributed by atoms with Crippen LogP contribution >= 0.6 is 0 Å². The molecule has 0 saturated carbocycles. The zero-order valence-electron chi connectivity index (χ0n) is 14.2. The zero-order valence-corrected chi connectivity index (χ0v) is 14.2. The number of benzene rings is 2. The lowest BCUT2D eigenvalue weighted by Gasteiger charge is -2.30. The smallest absolute Gasteiger partial charge is 0.127 e. The van der Waals surface area contributed by atoms with Gasteiger partial charge in [0.25, 0.3) is 0 Å². The van der Waals surface area contributed by atoms with Crippen LogP contribution in [0.15, 0.2) is 42.5 Å². The van der Waals surface area contributed by atoms with Gasteiger partial charge < -0.3 is 10.5 Å². The van der Waals surface area contributed by atoms with E-state index < -0.39 is 0 Å². The molecule has 1 fully saturated rings. The molecular formula is C20H25FN2O. The van der Waals surface area contributed by atoms with E-state index in [9.17, 15) is 4.39 Å². The Bertz CT molecular complexity index is 664. The van der Waals surface area contributed by atoms with Crippen LogP contribution in [-0.4, -0.2) is 30.6 Å². The Morgan fingerprint density at radius 2 is 1.83 bits per heavy atom. The maximum atomic E-state index is 13.2. The van der Waals surface area contributed by atoms with Crippen LogP contribution in [0.5, 0.6) is 5.75 Å². The molecule has 0 spiro atoms. The van der Waals surface area contributed by atoms with Gasteiger partial charge >= 0.3 is 0 Å². The molecule has 4 heteroatoms. The Hall–Kier alpha value is -1.91. The molecule has 2 aromatic rings. The molecule has 0 atom stereocenters. The lowest BCUT2D eigenvalue weighted by Crippen LogP contribution is -2.39. The molecule has 2 N–H and O–H groups in total. The highest BCUT2D eigenvalue weighted by molar-refractivity contribution is 5.70. The summed E-state index contributed by atoms with van der Waals surface area (Å²) in [4.78, 5) is 2.44. The maximum Gasteiger partial charge on any atom is 0.127 e. The molecule has 3 rings (SSSR count). The van der Waals surface area contributed by atoms with Gasteiger partial charge in [0.2, 0.25) is 0 Å². The van der Waals surface area contributed by atoms with Crippen molar-refractivity contribution < 1.29 is 9.13 Å². The highest BCUT2D eigenvalue weighted by Crippen LogP contribution is 2.32. The second-order valence-corrected chi connectivity index (χ2v) is 6.38. The first-order chi connectivity index (χ1) is 11.7. The quantitative estimate of drug-likeness (QED) is 0.907. The minimum Gasteiger partial charge on any atom is -0.493 e. The first-order valence-electron chi connectivity index (χ1n) is 8.65. The van der Waals surface area contributed by atoms with Gasteiger partial charge in [-0.1, -0.05) is 24.3 Å². The number of rotatable bonds is 5. The summed E-state index contributed by atoms with van der Waals surface area (Å²) in [6.07, 6.45) is 2.12. The molecule has 0 unspecified atom stereocenters. The van der Waals surface area contributed by atoms with Gasteiger partial charge in [0.1, 0.15) is 11.6 Å². The maximum absolute atomic E-state index is 13.2. The van der Waals surface area contributed by atoms with Crippen LogP contribution in [0.1, 0.15) is 25.3 Å². The van der Waals surface area contributed by atoms with Gasteiger partial charge in [-0.25, -0.2) is 4.39 Å². The third-order valence-corrected chi connectivity index (χ3v) is 4.54. The lowest BCUT2D eigenvalue weighted by atomic mass is 10.0. The molecule has 0 radical (unpaired) electrons. The van der Waals surface area contributed by atoms with Gasteiger partial charge in [-0.3, -0.25) is 4.90 Å². The summed E-state index contributed by atoms with van der Waals surface area (Å²) in [7, 11) is 0. The van der Waals surface area contributed by atoms with E-state index in [1.165, 1.54) is 17.7 Å². The van der Waals surface area contributed by atoms with Gasteiger partial charge in [-0.15, -0.1) is 0 Å². The molecule has 128 valence electrons. The summed E-state index contributed by atoms with van der Waals surface area (Å²) in [6, 6.07) is 13.2. The van der Waals surface area contributed by atoms with E-state index in [4.69, 9.17) is 10.5 Å². The summed E-state index contributed by atoms with van der Waals surface area (Å²) in [5.41, 5.74) is 9.18. The molecule has 0 amide bonds. The number of ether oxygens (including phenoxy) is 1. The summed E-state index contributed by atoms with van der Waals surface area (Å²) >= 11 is 0. The van der Waals surface area contributed by atoms with E-state index in [1.807, 2.05) is 6.92 Å². The van der Waals surface area contributed by atoms with Crippen molar-refractivity contribution in [2.75, 3.05) is 19.7 Å². The average molecular weight is 328 g/mol. The first-order valence-corrected chi connectivity index (χ1v) is 8.65. The number of hydrogen-bond acceptors (Lipinski definition) is 3. The van der Waals surface area contributed by atoms with E-state index in [-0.39, 0.29) is 5.82 Å². The second kappa shape index (κ2) is 7.77. The van der Waals surface area contributed by atoms with Crippen molar-refractivity contribution in [3.8, 4) is 16.9 Å². The Labute approximate surface area is 143 Å². The molecule has 2 aromatic carbocycles. The van der Waals surface area contributed by atoms with Crippen molar-refractivity contribution in [1.82, 2.24) is 4.90 Å². The second-order valence-electron chi connectivity index (χ2n) is 6.38. The summed E-state index contributed by atoms with van der Waals surface area (Å²) in [6.45, 7) is 5.59. The summed E-state index contributed by atoms with van der Waals surface area (Å²) in [5, 5.41) is 0. The molecule has 1 heterocycles. The Balaban J connectivity index is 1.80. The van der Waals surface area contributed by atoms with Crippen LogP contribution in [-0.2, 0) is 6.54 Å². The van der Waals surface area contributed by atoms with Crippen LogP contribution in [0.4, 0.5) is 4.39 Å². The van der Waals surface area contributed by atoms with Crippen LogP contribution in [0.2, 0.25) is 0 Å². The van der Waals surface area contributed by atoms with Gasteiger partial charge in [0.05, 0.1) is 6.61 Å². The molecule has 24 heavy (non-hydrogen) atoms. The largest absolute Gasteiger partial charge is 0.493 e. The molecule has 0 bridgehead atoms. The standard InChI is InChI=1S/C20H25FN2O/c1-2-24-20-13-15(14-23-11-9-18(22)10-12-23)3-8-19(20)16-4-6-17(21)7-5-16/h3-8,13,18H,2,9-12,14,22H2,1H3. The Kier molecular flexibility index (Phi) is 5.48. The first kappa shape index (κ1) is 16.9. The Morgan fingerprint density at radius 1 is 1.12 bits per heavy atom. The highest BCUT2D eigenvalue weighted by atomic mass is 19.1. The van der Waals surface area contributed by atoms with E-state index >= 15 is 0 Å². The molecule has 0 aliphatic carbocycles. The van der Waals surface area contributed by atoms with E-state index in [0.717, 1.165) is 49.4 Å². The SMILES string of the molecule is CCOc1cc(CN2CCC(N)CC2)ccc1-c1ccc(F)cc1. The van der Waals surface area contributed by atoms with Crippen LogP contribution in [0.3, 0.4) is 0 Å². The van der Waals surface area contributed by atoms with E-state index in [0.29, 0.717) is 12.6 Å². The van der Waals surface area contributed by atoms with Crippen molar-refractivity contribution in [3.63, 3.8) is 0 Å². The predicted molar refractivity (Wildman–Crippen MR) is 95.5 cm³/mol. The average Bonchev–Trinajstić information content (AvgIpc) is 2.59. The third kappa shape index (κ3) is 4.13. The number of nitrogens with zero attached hydrogens (tertiary/aromatic N) is 1. The van der Waals surface area contributed by atoms with Crippen LogP contribution < -0.4 is 10.5 Å². The van der Waals surface area contributed by atoms with Crippen molar-refractivity contribution >= 4 is 0 Å². The minimum absolute atomic E-state index is 0.225. The number of hydrogen-bond donors (Lipinski definition) is 1. The molecule has 1 saturated heterocycles. The fourth-order valence-corrected chi connectivity index (χ4v) is 3.18. The third-order valence-electron chi connectivity index (χ3n) is 4.54. The van der Waals surface area contributed by atoms with E-state index in [2.05, 4.69) is 23.1 Å². The number of likely N-dealkylation sites (tertiary alicyclic amines) is 1. The van der Waals surface area contributed by atoms with Gasteiger partial charge in [-0.05, 0) is 62.2 Å². The van der Waals surface area contributed by atoms with Crippen LogP contribution in [0, 0.1) is 5.82 Å². The van der Waals surface area contributed by atoms with Gasteiger partial charge in [0, 0.05) is 18.2 Å². The van der Waals surface area contributed by atoms with Crippen molar-refractivity contribution in [2.24, 2.45) is 5.73 Å². The fraction of sp³-hybridized carbons (Fsp3) is 0.400. The predicted octanol–water partition coefficient (Wildman–Crippen LogP) is 3.81. The fourth-order valence-electron chi connectivity index (χ4n) is 3.18. The highest BCUT2D eigenvalue weighted by Gasteiger charge is 2.17. The topological polar surface area (TPSA) is 38.5 Å². The number of halogens is 1. The molecule has 1 aliphatic heterocycles. The molecule has 0 aromatic heterocycles. The van der Waals surface area contributed by atoms with Gasteiger partial charge in [-0.2, -0.15) is 0 Å². The van der Waals surface area contributed by atoms with Crippen LogP contribution in [0.25, 0.3) is 11.1 Å². The minimum atomic E-state index is -0.225. The summed E-state index contributed by atoms with van der Waals surface area (Å²) in [5.74, 6) is 0.631. The Morgan fingerprint density at radius 3 is 2.50 bits per heavy atom. The molecule has 3 nitrogen and oxygen atoms in total. The lowest BCUT2D eigenvalue weighted by molar-refractivity contribution is 0.205. The van der Waals surface area contributed by atoms with Crippen molar-refractivity contribution in [3.05, 3.63) is 53.8 Å². The molecular weight excluding hydrogens is 303 g/mol. The summed E-state index contributed by atoms with van der Waals surface area (Å²) < 4.78 is 19.0. The van der Waals surface area contributed by atoms with Crippen molar-refractivity contribution in [2.45, 2.75) is 32.4 Å². The van der Waals surface area contributed by atoms with E-state index in [1.54, 1.807) is 12.1 Å². The normalized spacial score (nSPS) is 16.3. The van der Waals surface area contributed by atoms with Crippen molar-refractivity contribution in [1.29, 1.82) is 0 Å². The molecule has 1 aliphatic rings. The van der Waals surface area contributed by atoms with Gasteiger partial charge in [0.15, 0.2) is 0 Å². The zero-order chi connectivity index (χ0) is 16.9.